The van der Waals surface area contributed by atoms with Gasteiger partial charge in [-0.25, -0.2) is 0 Å². The summed E-state index contributed by atoms with van der Waals surface area (Å²) in [6, 6.07) is 13.9. The fraction of sp³-hybridized carbons (Fsp3) is 0.250. The predicted molar refractivity (Wildman–Crippen MR) is 95.5 cm³/mol. The summed E-state index contributed by atoms with van der Waals surface area (Å²) in [6.07, 6.45) is 2.28. The highest BCUT2D eigenvalue weighted by atomic mass is 79.9. The third-order valence-electron chi connectivity index (χ3n) is 4.66. The van der Waals surface area contributed by atoms with Crippen LogP contribution in [-0.2, 0) is 4.79 Å². The summed E-state index contributed by atoms with van der Waals surface area (Å²) in [5, 5.41) is 0. The first kappa shape index (κ1) is 15.5. The summed E-state index contributed by atoms with van der Waals surface area (Å²) in [7, 11) is 1.65. The second-order valence-corrected chi connectivity index (χ2v) is 7.02. The molecule has 0 unspecified atom stereocenters. The molecule has 0 N–H and O–H groups in total. The number of rotatable bonds is 2. The topological polar surface area (TPSA) is 35.5 Å². The van der Waals surface area contributed by atoms with Crippen molar-refractivity contribution in [3.8, 4) is 11.5 Å². The van der Waals surface area contributed by atoms with Gasteiger partial charge in [-0.05, 0) is 42.3 Å². The van der Waals surface area contributed by atoms with Crippen LogP contribution < -0.4 is 9.47 Å². The Morgan fingerprint density at radius 2 is 1.92 bits per heavy atom. The van der Waals surface area contributed by atoms with Gasteiger partial charge in [0.15, 0.2) is 5.78 Å². The molecule has 0 saturated carbocycles. The van der Waals surface area contributed by atoms with E-state index < -0.39 is 0 Å². The van der Waals surface area contributed by atoms with E-state index in [0.29, 0.717) is 6.42 Å². The molecule has 1 atom stereocenters. The van der Waals surface area contributed by atoms with Gasteiger partial charge >= 0.3 is 0 Å². The molecular formula is C20H17BrO3. The molecule has 0 saturated heterocycles. The van der Waals surface area contributed by atoms with Crippen molar-refractivity contribution >= 4 is 21.7 Å². The van der Waals surface area contributed by atoms with Crippen molar-refractivity contribution in [2.45, 2.75) is 25.2 Å². The number of fused-ring (bicyclic) bond motifs is 1. The van der Waals surface area contributed by atoms with Crippen molar-refractivity contribution in [2.24, 2.45) is 0 Å². The largest absolute Gasteiger partial charge is 0.497 e. The number of ketones is 1. The first-order valence-corrected chi connectivity index (χ1v) is 8.84. The lowest BCUT2D eigenvalue weighted by Gasteiger charge is -2.33. The van der Waals surface area contributed by atoms with E-state index in [9.17, 15) is 4.79 Å². The Bertz CT molecular complexity index is 836. The van der Waals surface area contributed by atoms with Gasteiger partial charge in [0, 0.05) is 34.4 Å². The zero-order valence-corrected chi connectivity index (χ0v) is 14.9. The van der Waals surface area contributed by atoms with Crippen LogP contribution in [0.3, 0.4) is 0 Å². The highest BCUT2D eigenvalue weighted by molar-refractivity contribution is 9.10. The third-order valence-corrected chi connectivity index (χ3v) is 5.16. The fourth-order valence-corrected chi connectivity index (χ4v) is 3.91. The number of methoxy groups -OCH3 is 1. The maximum atomic E-state index is 12.7. The molecule has 0 radical (unpaired) electrons. The molecule has 1 aliphatic heterocycles. The van der Waals surface area contributed by atoms with Gasteiger partial charge in [-0.3, -0.25) is 4.79 Å². The second kappa shape index (κ2) is 6.10. The van der Waals surface area contributed by atoms with Gasteiger partial charge in [-0.1, -0.05) is 28.1 Å². The number of carbonyl (C=O) groups is 1. The molecule has 0 amide bonds. The van der Waals surface area contributed by atoms with E-state index in [0.717, 1.165) is 51.3 Å². The Morgan fingerprint density at radius 1 is 1.12 bits per heavy atom. The fourth-order valence-electron chi connectivity index (χ4n) is 3.53. The van der Waals surface area contributed by atoms with Gasteiger partial charge in [-0.15, -0.1) is 0 Å². The Kier molecular flexibility index (Phi) is 3.93. The standard InChI is InChI=1S/C20H17BrO3/c1-23-14-8-5-12(6-9-14)19-15-11-13(21)7-10-17(15)24-18-4-2-3-16(22)20(18)19/h5-11,19H,2-4H2,1H3/t19-/m1/s1. The minimum atomic E-state index is -0.0834. The average molecular weight is 385 g/mol. The number of benzene rings is 2. The van der Waals surface area contributed by atoms with Crippen LogP contribution in [0.15, 0.2) is 58.3 Å². The molecule has 2 aromatic carbocycles. The number of hydrogen-bond acceptors (Lipinski definition) is 3. The van der Waals surface area contributed by atoms with E-state index in [-0.39, 0.29) is 11.7 Å². The minimum Gasteiger partial charge on any atom is -0.497 e. The smallest absolute Gasteiger partial charge is 0.163 e. The van der Waals surface area contributed by atoms with Crippen molar-refractivity contribution in [3.63, 3.8) is 0 Å². The Morgan fingerprint density at radius 3 is 2.67 bits per heavy atom. The second-order valence-electron chi connectivity index (χ2n) is 6.10. The van der Waals surface area contributed by atoms with Crippen molar-refractivity contribution in [3.05, 3.63) is 69.4 Å². The molecule has 0 spiro atoms. The van der Waals surface area contributed by atoms with Crippen molar-refractivity contribution in [1.82, 2.24) is 0 Å². The van der Waals surface area contributed by atoms with Crippen LogP contribution in [0.4, 0.5) is 0 Å². The van der Waals surface area contributed by atoms with Crippen LogP contribution in [0, 0.1) is 0 Å². The maximum absolute atomic E-state index is 12.7. The van der Waals surface area contributed by atoms with Crippen LogP contribution in [0.1, 0.15) is 36.3 Å². The van der Waals surface area contributed by atoms with E-state index in [1.54, 1.807) is 7.11 Å². The van der Waals surface area contributed by atoms with Crippen molar-refractivity contribution in [2.75, 3.05) is 7.11 Å². The van der Waals surface area contributed by atoms with E-state index in [2.05, 4.69) is 22.0 Å². The van der Waals surface area contributed by atoms with Gasteiger partial charge in [0.1, 0.15) is 17.3 Å². The minimum absolute atomic E-state index is 0.0834. The van der Waals surface area contributed by atoms with E-state index >= 15 is 0 Å². The lowest BCUT2D eigenvalue weighted by atomic mass is 9.77. The number of hydrogen-bond donors (Lipinski definition) is 0. The monoisotopic (exact) mass is 384 g/mol. The van der Waals surface area contributed by atoms with Crippen molar-refractivity contribution < 1.29 is 14.3 Å². The predicted octanol–water partition coefficient (Wildman–Crippen LogP) is 4.99. The van der Waals surface area contributed by atoms with Crippen LogP contribution in [-0.4, -0.2) is 12.9 Å². The number of halogens is 1. The number of allylic oxidation sites excluding steroid dienone is 2. The van der Waals surface area contributed by atoms with Crippen LogP contribution >= 0.6 is 15.9 Å². The quantitative estimate of drug-likeness (QED) is 0.731. The molecule has 0 aromatic heterocycles. The molecule has 0 bridgehead atoms. The van der Waals surface area contributed by atoms with E-state index in [1.807, 2.05) is 36.4 Å². The zero-order valence-electron chi connectivity index (χ0n) is 13.3. The van der Waals surface area contributed by atoms with Crippen LogP contribution in [0.5, 0.6) is 11.5 Å². The average Bonchev–Trinajstić information content (AvgIpc) is 2.60. The highest BCUT2D eigenvalue weighted by Gasteiger charge is 2.36. The summed E-state index contributed by atoms with van der Waals surface area (Å²) in [5.74, 6) is 2.60. The molecule has 3 nitrogen and oxygen atoms in total. The molecule has 122 valence electrons. The van der Waals surface area contributed by atoms with Crippen LogP contribution in [0.2, 0.25) is 0 Å². The van der Waals surface area contributed by atoms with Crippen molar-refractivity contribution in [1.29, 1.82) is 0 Å². The number of Topliss-reactive ketones (excluding diaryl/α,β-unsaturated/α-hetero) is 1. The molecule has 24 heavy (non-hydrogen) atoms. The molecule has 4 rings (SSSR count). The first-order chi connectivity index (χ1) is 11.7. The number of ether oxygens (including phenoxy) is 2. The summed E-state index contributed by atoms with van der Waals surface area (Å²) in [5.41, 5.74) is 2.93. The Hall–Kier alpha value is -2.07. The SMILES string of the molecule is COc1ccc([C@H]2C3=C(CCCC3=O)Oc3ccc(Br)cc32)cc1. The third kappa shape index (κ3) is 2.55. The van der Waals surface area contributed by atoms with Gasteiger partial charge in [0.25, 0.3) is 0 Å². The lowest BCUT2D eigenvalue weighted by molar-refractivity contribution is -0.116. The molecule has 2 aromatic rings. The normalized spacial score (nSPS) is 19.4. The van der Waals surface area contributed by atoms with Gasteiger partial charge in [-0.2, -0.15) is 0 Å². The van der Waals surface area contributed by atoms with Gasteiger partial charge < -0.3 is 9.47 Å². The zero-order chi connectivity index (χ0) is 16.7. The Labute approximate surface area is 149 Å². The van der Waals surface area contributed by atoms with Crippen LogP contribution in [0.25, 0.3) is 0 Å². The molecule has 4 heteroatoms. The molecular weight excluding hydrogens is 368 g/mol. The molecule has 2 aliphatic rings. The van der Waals surface area contributed by atoms with Gasteiger partial charge in [0.2, 0.25) is 0 Å². The summed E-state index contributed by atoms with van der Waals surface area (Å²) in [6.45, 7) is 0. The summed E-state index contributed by atoms with van der Waals surface area (Å²) < 4.78 is 12.3. The first-order valence-electron chi connectivity index (χ1n) is 8.05. The van der Waals surface area contributed by atoms with Gasteiger partial charge in [0.05, 0.1) is 7.11 Å². The van der Waals surface area contributed by atoms with E-state index in [1.165, 1.54) is 0 Å². The lowest BCUT2D eigenvalue weighted by Crippen LogP contribution is -2.25. The summed E-state index contributed by atoms with van der Waals surface area (Å²) >= 11 is 3.54. The summed E-state index contributed by atoms with van der Waals surface area (Å²) in [4.78, 5) is 12.7. The molecule has 1 aliphatic carbocycles. The molecule has 0 fully saturated rings. The maximum Gasteiger partial charge on any atom is 0.163 e. The highest BCUT2D eigenvalue weighted by Crippen LogP contribution is 2.47. The van der Waals surface area contributed by atoms with E-state index in [4.69, 9.17) is 9.47 Å². The number of carbonyl (C=O) groups excluding carboxylic acids is 1. The Balaban J connectivity index is 1.90. The molecule has 1 heterocycles.